The van der Waals surface area contributed by atoms with Gasteiger partial charge in [-0.25, -0.2) is 0 Å². The van der Waals surface area contributed by atoms with E-state index in [1.807, 2.05) is 47.6 Å². The average Bonchev–Trinajstić information content (AvgIpc) is 2.10. The predicted octanol–water partition coefficient (Wildman–Crippen LogP) is 3.28. The van der Waals surface area contributed by atoms with Gasteiger partial charge in [0.2, 0.25) is 0 Å². The molecule has 17 heavy (non-hydrogen) atoms. The Balaban J connectivity index is 3.63. The van der Waals surface area contributed by atoms with Gasteiger partial charge < -0.3 is 15.9 Å². The molecule has 3 heteroatoms. The van der Waals surface area contributed by atoms with Crippen molar-refractivity contribution in [2.24, 2.45) is 0 Å². The Morgan fingerprint density at radius 1 is 0.824 bits per heavy atom. The fourth-order valence-electron chi connectivity index (χ4n) is 1.83. The quantitative estimate of drug-likeness (QED) is 0.479. The molecule has 3 nitrogen and oxygen atoms in total. The topological polar surface area (TPSA) is 66.5 Å². The van der Waals surface area contributed by atoms with E-state index in [0.29, 0.717) is 0 Å². The van der Waals surface area contributed by atoms with E-state index in [-0.39, 0.29) is 28.0 Å². The second-order valence-electron chi connectivity index (χ2n) is 6.58. The van der Waals surface area contributed by atoms with Crippen LogP contribution in [-0.4, -0.2) is 10.2 Å². The number of nitrogens with two attached hydrogens (primary N) is 1. The molecule has 0 amide bonds. The number of hydrogen-bond donors (Lipinski definition) is 3. The molecular formula is C14H23NO2. The molecule has 1 aromatic rings. The van der Waals surface area contributed by atoms with E-state index in [1.54, 1.807) is 0 Å². The largest absolute Gasteiger partial charge is 0.505 e. The van der Waals surface area contributed by atoms with Crippen molar-refractivity contribution in [2.75, 3.05) is 5.73 Å². The Kier molecular flexibility index (Phi) is 3.08. The first kappa shape index (κ1) is 13.7. The van der Waals surface area contributed by atoms with Gasteiger partial charge >= 0.3 is 0 Å². The summed E-state index contributed by atoms with van der Waals surface area (Å²) in [5, 5.41) is 20.0. The van der Waals surface area contributed by atoms with Crippen LogP contribution in [0.1, 0.15) is 52.7 Å². The zero-order valence-corrected chi connectivity index (χ0v) is 11.5. The molecule has 0 fully saturated rings. The summed E-state index contributed by atoms with van der Waals surface area (Å²) < 4.78 is 0. The highest BCUT2D eigenvalue weighted by molar-refractivity contribution is 5.69. The van der Waals surface area contributed by atoms with Gasteiger partial charge in [-0.2, -0.15) is 0 Å². The van der Waals surface area contributed by atoms with Crippen molar-refractivity contribution < 1.29 is 10.2 Å². The van der Waals surface area contributed by atoms with Gasteiger partial charge in [-0.3, -0.25) is 0 Å². The standard InChI is InChI=1S/C14H23NO2/c1-13(2,3)8-7-9(14(4,5)6)12(17)10(15)11(8)16/h7,16-17H,15H2,1-6H3. The summed E-state index contributed by atoms with van der Waals surface area (Å²) in [6.45, 7) is 12.0. The highest BCUT2D eigenvalue weighted by Gasteiger charge is 2.27. The van der Waals surface area contributed by atoms with Crippen molar-refractivity contribution in [2.45, 2.75) is 52.4 Å². The number of aromatic hydroxyl groups is 2. The van der Waals surface area contributed by atoms with Crippen LogP contribution in [0.3, 0.4) is 0 Å². The number of rotatable bonds is 0. The van der Waals surface area contributed by atoms with E-state index in [4.69, 9.17) is 5.73 Å². The fourth-order valence-corrected chi connectivity index (χ4v) is 1.83. The van der Waals surface area contributed by atoms with Crippen molar-refractivity contribution in [1.29, 1.82) is 0 Å². The summed E-state index contributed by atoms with van der Waals surface area (Å²) in [4.78, 5) is 0. The van der Waals surface area contributed by atoms with Crippen molar-refractivity contribution in [3.05, 3.63) is 17.2 Å². The normalized spacial score (nSPS) is 12.8. The number of benzene rings is 1. The minimum absolute atomic E-state index is 0.0111. The molecule has 0 radical (unpaired) electrons. The molecule has 0 saturated heterocycles. The molecule has 0 aromatic heterocycles. The molecule has 0 unspecified atom stereocenters. The number of hydrogen-bond acceptors (Lipinski definition) is 3. The van der Waals surface area contributed by atoms with Crippen LogP contribution in [0.4, 0.5) is 5.69 Å². The van der Waals surface area contributed by atoms with E-state index in [0.717, 1.165) is 11.1 Å². The summed E-state index contributed by atoms with van der Waals surface area (Å²) in [6.07, 6.45) is 0. The molecule has 1 aromatic carbocycles. The Bertz CT molecular complexity index is 399. The molecule has 0 aliphatic heterocycles. The molecule has 0 bridgehead atoms. The summed E-state index contributed by atoms with van der Waals surface area (Å²) >= 11 is 0. The molecule has 0 aliphatic rings. The number of phenols is 2. The molecule has 0 aliphatic carbocycles. The molecular weight excluding hydrogens is 214 g/mol. The summed E-state index contributed by atoms with van der Waals surface area (Å²) in [6, 6.07) is 1.85. The van der Waals surface area contributed by atoms with Crippen molar-refractivity contribution >= 4 is 5.69 Å². The number of nitrogen functional groups attached to an aromatic ring is 1. The van der Waals surface area contributed by atoms with E-state index < -0.39 is 0 Å². The van der Waals surface area contributed by atoms with Crippen LogP contribution in [0.25, 0.3) is 0 Å². The van der Waals surface area contributed by atoms with Gasteiger partial charge in [0.1, 0.15) is 17.2 Å². The van der Waals surface area contributed by atoms with E-state index in [2.05, 4.69) is 0 Å². The molecule has 0 atom stereocenters. The Hall–Kier alpha value is -1.38. The highest BCUT2D eigenvalue weighted by atomic mass is 16.3. The van der Waals surface area contributed by atoms with E-state index in [1.165, 1.54) is 0 Å². The second kappa shape index (κ2) is 3.83. The van der Waals surface area contributed by atoms with E-state index >= 15 is 0 Å². The minimum atomic E-state index is -0.216. The first-order valence-corrected chi connectivity index (χ1v) is 5.81. The maximum absolute atomic E-state index is 10.0. The Morgan fingerprint density at radius 3 is 1.35 bits per heavy atom. The lowest BCUT2D eigenvalue weighted by atomic mass is 9.79. The van der Waals surface area contributed by atoms with Crippen LogP contribution >= 0.6 is 0 Å². The first-order chi connectivity index (χ1) is 7.46. The van der Waals surface area contributed by atoms with Gasteiger partial charge in [0, 0.05) is 11.1 Å². The third kappa shape index (κ3) is 2.48. The highest BCUT2D eigenvalue weighted by Crippen LogP contribution is 2.45. The van der Waals surface area contributed by atoms with Gasteiger partial charge in [-0.05, 0) is 16.9 Å². The molecule has 1 rings (SSSR count). The Labute approximate surface area is 103 Å². The molecule has 0 heterocycles. The minimum Gasteiger partial charge on any atom is -0.505 e. The lowest BCUT2D eigenvalue weighted by Crippen LogP contribution is -2.17. The maximum atomic E-state index is 10.0. The number of anilines is 1. The van der Waals surface area contributed by atoms with Crippen LogP contribution in [0.5, 0.6) is 11.5 Å². The third-order valence-corrected chi connectivity index (χ3v) is 2.93. The van der Waals surface area contributed by atoms with Crippen molar-refractivity contribution in [1.82, 2.24) is 0 Å². The Morgan fingerprint density at radius 2 is 1.12 bits per heavy atom. The third-order valence-electron chi connectivity index (χ3n) is 2.93. The molecule has 4 N–H and O–H groups in total. The monoisotopic (exact) mass is 237 g/mol. The van der Waals surface area contributed by atoms with Crippen LogP contribution in [-0.2, 0) is 10.8 Å². The first-order valence-electron chi connectivity index (χ1n) is 5.81. The molecule has 0 saturated carbocycles. The van der Waals surface area contributed by atoms with Crippen LogP contribution in [0.2, 0.25) is 0 Å². The van der Waals surface area contributed by atoms with Crippen LogP contribution in [0.15, 0.2) is 6.07 Å². The SMILES string of the molecule is CC(C)(C)c1cc(C(C)(C)C)c(O)c(N)c1O. The zero-order chi connectivity index (χ0) is 13.6. The smallest absolute Gasteiger partial charge is 0.146 e. The molecule has 96 valence electrons. The molecule has 0 spiro atoms. The van der Waals surface area contributed by atoms with Gasteiger partial charge in [-0.1, -0.05) is 41.5 Å². The summed E-state index contributed by atoms with van der Waals surface area (Å²) in [5.41, 5.74) is 6.94. The lowest BCUT2D eigenvalue weighted by molar-refractivity contribution is 0.422. The number of phenolic OH excluding ortho intramolecular Hbond substituents is 2. The van der Waals surface area contributed by atoms with Crippen molar-refractivity contribution in [3.63, 3.8) is 0 Å². The van der Waals surface area contributed by atoms with Crippen LogP contribution < -0.4 is 5.73 Å². The van der Waals surface area contributed by atoms with Gasteiger partial charge in [0.25, 0.3) is 0 Å². The van der Waals surface area contributed by atoms with Gasteiger partial charge in [0.15, 0.2) is 0 Å². The fraction of sp³-hybridized carbons (Fsp3) is 0.571. The summed E-state index contributed by atoms with van der Waals surface area (Å²) in [7, 11) is 0. The second-order valence-corrected chi connectivity index (χ2v) is 6.58. The maximum Gasteiger partial charge on any atom is 0.146 e. The lowest BCUT2D eigenvalue weighted by Gasteiger charge is -2.27. The average molecular weight is 237 g/mol. The van der Waals surface area contributed by atoms with Gasteiger partial charge in [0.05, 0.1) is 0 Å². The predicted molar refractivity (Wildman–Crippen MR) is 71.6 cm³/mol. The van der Waals surface area contributed by atoms with Gasteiger partial charge in [-0.15, -0.1) is 0 Å². The zero-order valence-electron chi connectivity index (χ0n) is 11.5. The summed E-state index contributed by atoms with van der Waals surface area (Å²) in [5.74, 6) is -0.0222. The van der Waals surface area contributed by atoms with Crippen LogP contribution in [0, 0.1) is 0 Å². The van der Waals surface area contributed by atoms with E-state index in [9.17, 15) is 10.2 Å². The van der Waals surface area contributed by atoms with Crippen molar-refractivity contribution in [3.8, 4) is 11.5 Å².